The minimum atomic E-state index is -1.08. The summed E-state index contributed by atoms with van der Waals surface area (Å²) in [5, 5.41) is 4.39. The van der Waals surface area contributed by atoms with Crippen LogP contribution in [0.25, 0.3) is 0 Å². The third-order valence-electron chi connectivity index (χ3n) is 4.03. The van der Waals surface area contributed by atoms with Crippen LogP contribution in [0.2, 0.25) is 25.7 Å². The summed E-state index contributed by atoms with van der Waals surface area (Å²) in [6.45, 7) is 10.4. The lowest BCUT2D eigenvalue weighted by Crippen LogP contribution is -2.23. The van der Waals surface area contributed by atoms with Gasteiger partial charge in [-0.3, -0.25) is 0 Å². The van der Waals surface area contributed by atoms with Crippen molar-refractivity contribution in [2.75, 3.05) is 13.2 Å². The molecule has 0 radical (unpaired) electrons. The molecule has 1 aromatic rings. The van der Waals surface area contributed by atoms with Crippen LogP contribution in [0.4, 0.5) is 0 Å². The molecule has 0 saturated heterocycles. The molecule has 6 heteroatoms. The predicted octanol–water partition coefficient (Wildman–Crippen LogP) is 3.64. The number of nitrogens with zero attached hydrogens (tertiary/aromatic N) is 2. The SMILES string of the molecule is CCOC(=O)c1cc(C2CCC2)n(COCC[Si](C)(C)C)n1. The lowest BCUT2D eigenvalue weighted by molar-refractivity contribution is 0.0509. The van der Waals surface area contributed by atoms with Crippen LogP contribution in [-0.2, 0) is 16.2 Å². The van der Waals surface area contributed by atoms with Gasteiger partial charge in [-0.2, -0.15) is 5.10 Å². The molecule has 0 unspecified atom stereocenters. The molecule has 1 saturated carbocycles. The standard InChI is InChI=1S/C16H28N2O3Si/c1-5-21-16(19)14-11-15(13-7-6-8-13)18(17-14)12-20-9-10-22(2,3)4/h11,13H,5-10,12H2,1-4H3. The number of aromatic nitrogens is 2. The molecule has 0 amide bonds. The Morgan fingerprint density at radius 2 is 2.14 bits per heavy atom. The van der Waals surface area contributed by atoms with E-state index in [4.69, 9.17) is 9.47 Å². The average molecular weight is 324 g/mol. The van der Waals surface area contributed by atoms with Crippen LogP contribution in [0, 0.1) is 0 Å². The molecule has 0 spiro atoms. The maximum atomic E-state index is 11.9. The lowest BCUT2D eigenvalue weighted by atomic mass is 9.83. The van der Waals surface area contributed by atoms with Crippen molar-refractivity contribution < 1.29 is 14.3 Å². The molecule has 0 atom stereocenters. The molecule has 1 fully saturated rings. The first-order chi connectivity index (χ1) is 10.4. The van der Waals surface area contributed by atoms with Crippen molar-refractivity contribution in [3.63, 3.8) is 0 Å². The normalized spacial score (nSPS) is 15.6. The molecular weight excluding hydrogens is 296 g/mol. The lowest BCUT2D eigenvalue weighted by Gasteiger charge is -2.26. The second kappa shape index (κ2) is 7.42. The van der Waals surface area contributed by atoms with E-state index in [9.17, 15) is 4.79 Å². The number of rotatable bonds is 8. The van der Waals surface area contributed by atoms with Gasteiger partial charge in [0.05, 0.1) is 6.61 Å². The van der Waals surface area contributed by atoms with Gasteiger partial charge in [-0.1, -0.05) is 26.1 Å². The minimum absolute atomic E-state index is 0.344. The summed E-state index contributed by atoms with van der Waals surface area (Å²) in [6, 6.07) is 3.02. The Labute approximate surface area is 134 Å². The van der Waals surface area contributed by atoms with E-state index in [0.717, 1.165) is 18.3 Å². The van der Waals surface area contributed by atoms with Crippen molar-refractivity contribution in [3.05, 3.63) is 17.5 Å². The summed E-state index contributed by atoms with van der Waals surface area (Å²) in [5.41, 5.74) is 1.51. The molecule has 0 bridgehead atoms. The number of carbonyl (C=O) groups excluding carboxylic acids is 1. The van der Waals surface area contributed by atoms with E-state index >= 15 is 0 Å². The number of hydrogen-bond donors (Lipinski definition) is 0. The first kappa shape index (κ1) is 17.2. The smallest absolute Gasteiger partial charge is 0.358 e. The van der Waals surface area contributed by atoms with Gasteiger partial charge in [0.2, 0.25) is 0 Å². The van der Waals surface area contributed by atoms with E-state index in [2.05, 4.69) is 24.7 Å². The topological polar surface area (TPSA) is 53.4 Å². The summed E-state index contributed by atoms with van der Waals surface area (Å²) in [7, 11) is -1.08. The first-order valence-corrected chi connectivity index (χ1v) is 11.9. The summed E-state index contributed by atoms with van der Waals surface area (Å²) < 4.78 is 12.7. The maximum Gasteiger partial charge on any atom is 0.358 e. The molecule has 1 aromatic heterocycles. The molecule has 1 aliphatic carbocycles. The molecule has 0 N–H and O–H groups in total. The zero-order valence-corrected chi connectivity index (χ0v) is 15.2. The Kier molecular flexibility index (Phi) is 5.80. The molecule has 2 rings (SSSR count). The van der Waals surface area contributed by atoms with Crippen LogP contribution in [0.15, 0.2) is 6.07 Å². The zero-order valence-electron chi connectivity index (χ0n) is 14.2. The molecule has 1 heterocycles. The Morgan fingerprint density at radius 1 is 1.41 bits per heavy atom. The van der Waals surface area contributed by atoms with Gasteiger partial charge in [0, 0.05) is 26.3 Å². The van der Waals surface area contributed by atoms with Gasteiger partial charge >= 0.3 is 5.97 Å². The van der Waals surface area contributed by atoms with Crippen molar-refractivity contribution in [1.82, 2.24) is 9.78 Å². The van der Waals surface area contributed by atoms with Crippen molar-refractivity contribution in [3.8, 4) is 0 Å². The Hall–Kier alpha value is -1.14. The highest BCUT2D eigenvalue weighted by atomic mass is 28.3. The van der Waals surface area contributed by atoms with E-state index < -0.39 is 8.07 Å². The fraction of sp³-hybridized carbons (Fsp3) is 0.750. The van der Waals surface area contributed by atoms with Gasteiger partial charge in [-0.15, -0.1) is 0 Å². The van der Waals surface area contributed by atoms with Crippen LogP contribution in [0.1, 0.15) is 48.3 Å². The highest BCUT2D eigenvalue weighted by molar-refractivity contribution is 6.76. The molecule has 22 heavy (non-hydrogen) atoms. The van der Waals surface area contributed by atoms with Gasteiger partial charge in [0.15, 0.2) is 5.69 Å². The van der Waals surface area contributed by atoms with Gasteiger partial charge in [0.25, 0.3) is 0 Å². The molecule has 5 nitrogen and oxygen atoms in total. The van der Waals surface area contributed by atoms with Crippen LogP contribution in [-0.4, -0.2) is 37.0 Å². The van der Waals surface area contributed by atoms with Crippen molar-refractivity contribution in [1.29, 1.82) is 0 Å². The third-order valence-corrected chi connectivity index (χ3v) is 5.73. The molecule has 0 aromatic carbocycles. The third kappa shape index (κ3) is 4.68. The van der Waals surface area contributed by atoms with Crippen molar-refractivity contribution in [2.45, 2.75) is 64.5 Å². The highest BCUT2D eigenvalue weighted by Crippen LogP contribution is 2.36. The largest absolute Gasteiger partial charge is 0.461 e. The van der Waals surface area contributed by atoms with Crippen LogP contribution in [0.3, 0.4) is 0 Å². The molecule has 1 aliphatic rings. The average Bonchev–Trinajstić information content (AvgIpc) is 2.76. The van der Waals surface area contributed by atoms with Gasteiger partial charge in [-0.25, -0.2) is 9.48 Å². The fourth-order valence-corrected chi connectivity index (χ4v) is 3.16. The Balaban J connectivity index is 1.99. The fourth-order valence-electron chi connectivity index (χ4n) is 2.40. The molecule has 0 aliphatic heterocycles. The Bertz CT molecular complexity index is 504. The second-order valence-corrected chi connectivity index (χ2v) is 12.8. The quantitative estimate of drug-likeness (QED) is 0.416. The summed E-state index contributed by atoms with van der Waals surface area (Å²) in [4.78, 5) is 11.9. The van der Waals surface area contributed by atoms with E-state index in [1.165, 1.54) is 19.3 Å². The second-order valence-electron chi connectivity index (χ2n) is 7.15. The summed E-state index contributed by atoms with van der Waals surface area (Å²) >= 11 is 0. The minimum Gasteiger partial charge on any atom is -0.461 e. The number of esters is 1. The van der Waals surface area contributed by atoms with Crippen molar-refractivity contribution >= 4 is 14.0 Å². The van der Waals surface area contributed by atoms with Gasteiger partial charge in [0.1, 0.15) is 6.73 Å². The summed E-state index contributed by atoms with van der Waals surface area (Å²) in [5.74, 6) is 0.167. The molecule has 124 valence electrons. The first-order valence-electron chi connectivity index (χ1n) is 8.23. The summed E-state index contributed by atoms with van der Waals surface area (Å²) in [6.07, 6.45) is 3.59. The van der Waals surface area contributed by atoms with Crippen molar-refractivity contribution in [2.24, 2.45) is 0 Å². The Morgan fingerprint density at radius 3 is 2.68 bits per heavy atom. The van der Waals surface area contributed by atoms with E-state index in [-0.39, 0.29) is 5.97 Å². The number of carbonyl (C=O) groups is 1. The van der Waals surface area contributed by atoms with Crippen LogP contribution in [0.5, 0.6) is 0 Å². The van der Waals surface area contributed by atoms with Crippen LogP contribution >= 0.6 is 0 Å². The van der Waals surface area contributed by atoms with Gasteiger partial charge in [-0.05, 0) is 31.9 Å². The van der Waals surface area contributed by atoms with E-state index in [1.807, 2.05) is 10.7 Å². The molecular formula is C16H28N2O3Si. The zero-order chi connectivity index (χ0) is 16.2. The highest BCUT2D eigenvalue weighted by Gasteiger charge is 2.26. The van der Waals surface area contributed by atoms with E-state index in [0.29, 0.717) is 24.9 Å². The van der Waals surface area contributed by atoms with E-state index in [1.54, 1.807) is 6.92 Å². The van der Waals surface area contributed by atoms with Crippen LogP contribution < -0.4 is 0 Å². The number of hydrogen-bond acceptors (Lipinski definition) is 4. The predicted molar refractivity (Wildman–Crippen MR) is 88.9 cm³/mol. The monoisotopic (exact) mass is 324 g/mol. The maximum absolute atomic E-state index is 11.9. The van der Waals surface area contributed by atoms with Gasteiger partial charge < -0.3 is 9.47 Å². The number of ether oxygens (including phenoxy) is 2.